The number of carbonyl (C=O) groups is 1. The van der Waals surface area contributed by atoms with Gasteiger partial charge in [-0.15, -0.1) is 0 Å². The van der Waals surface area contributed by atoms with Crippen molar-refractivity contribution in [2.75, 3.05) is 37.4 Å². The molecule has 1 saturated heterocycles. The first-order valence-electron chi connectivity index (χ1n) is 9.45. The van der Waals surface area contributed by atoms with Crippen molar-refractivity contribution in [1.82, 2.24) is 14.9 Å². The predicted molar refractivity (Wildman–Crippen MR) is 102 cm³/mol. The van der Waals surface area contributed by atoms with Gasteiger partial charge in [0.05, 0.1) is 11.7 Å². The smallest absolute Gasteiger partial charge is 0.421 e. The number of hydrogen-bond donors (Lipinski definition) is 2. The molecule has 0 spiro atoms. The van der Waals surface area contributed by atoms with Crippen molar-refractivity contribution < 1.29 is 27.4 Å². The Kier molecular flexibility index (Phi) is 5.27. The van der Waals surface area contributed by atoms with Crippen LogP contribution in [0.4, 0.5) is 30.6 Å². The summed E-state index contributed by atoms with van der Waals surface area (Å²) in [4.78, 5) is 20.8. The number of likely N-dealkylation sites (tertiary alicyclic amines) is 1. The van der Waals surface area contributed by atoms with Crippen molar-refractivity contribution >= 4 is 23.9 Å². The van der Waals surface area contributed by atoms with Gasteiger partial charge in [0.25, 0.3) is 0 Å². The molecule has 1 atom stereocenters. The van der Waals surface area contributed by atoms with E-state index in [9.17, 15) is 18.0 Å². The predicted octanol–water partition coefficient (Wildman–Crippen LogP) is 3.35. The number of anilines is 3. The number of alkyl halides is 3. The molecule has 2 aliphatic rings. The largest absolute Gasteiger partial charge is 0.486 e. The molecule has 30 heavy (non-hydrogen) atoms. The molecule has 4 rings (SSSR count). The Morgan fingerprint density at radius 2 is 2.00 bits per heavy atom. The number of ether oxygens (including phenoxy) is 2. The molecule has 1 amide bonds. The van der Waals surface area contributed by atoms with Crippen molar-refractivity contribution in [3.8, 4) is 11.5 Å². The van der Waals surface area contributed by atoms with Crippen LogP contribution in [-0.4, -0.2) is 48.1 Å². The van der Waals surface area contributed by atoms with Gasteiger partial charge in [-0.25, -0.2) is 4.98 Å². The Morgan fingerprint density at radius 3 is 2.70 bits per heavy atom. The molecule has 11 heteroatoms. The number of fused-ring (bicyclic) bond motifs is 1. The second-order valence-corrected chi connectivity index (χ2v) is 6.89. The lowest BCUT2D eigenvalue weighted by Crippen LogP contribution is -2.24. The molecule has 160 valence electrons. The summed E-state index contributed by atoms with van der Waals surface area (Å²) in [6.45, 7) is 1.36. The molecule has 2 N–H and O–H groups in total. The highest BCUT2D eigenvalue weighted by atomic mass is 19.4. The molecule has 0 radical (unpaired) electrons. The van der Waals surface area contributed by atoms with Gasteiger partial charge in [0.2, 0.25) is 12.4 Å². The Morgan fingerprint density at radius 1 is 1.23 bits per heavy atom. The SMILES string of the molecule is CNc1nc(Nc2ccc(C3CCCN3C=O)c3c2OCCO3)ncc1C(F)(F)F. The van der Waals surface area contributed by atoms with Gasteiger partial charge in [-0.3, -0.25) is 4.79 Å². The zero-order valence-corrected chi connectivity index (χ0v) is 16.1. The van der Waals surface area contributed by atoms with Crippen LogP contribution in [0.15, 0.2) is 18.3 Å². The van der Waals surface area contributed by atoms with Crippen LogP contribution < -0.4 is 20.1 Å². The van der Waals surface area contributed by atoms with E-state index in [1.165, 1.54) is 7.05 Å². The van der Waals surface area contributed by atoms with Crippen molar-refractivity contribution in [3.63, 3.8) is 0 Å². The standard InChI is InChI=1S/C19H20F3N5O3/c1-23-17-12(19(20,21)22)9-24-18(26-17)25-13-5-4-11(14-3-2-6-27(14)10-28)15-16(13)30-8-7-29-15/h4-5,9-10,14H,2-3,6-8H2,1H3,(H2,23,24,25,26). The molecule has 3 heterocycles. The summed E-state index contributed by atoms with van der Waals surface area (Å²) in [5.74, 6) is 0.582. The topological polar surface area (TPSA) is 88.6 Å². The lowest BCUT2D eigenvalue weighted by molar-refractivity contribution is -0.137. The number of aromatic nitrogens is 2. The van der Waals surface area contributed by atoms with Crippen LogP contribution in [-0.2, 0) is 11.0 Å². The minimum absolute atomic E-state index is 0.0214. The Balaban J connectivity index is 1.68. The van der Waals surface area contributed by atoms with Crippen LogP contribution >= 0.6 is 0 Å². The van der Waals surface area contributed by atoms with E-state index in [1.807, 2.05) is 6.07 Å². The van der Waals surface area contributed by atoms with Gasteiger partial charge >= 0.3 is 6.18 Å². The molecule has 0 saturated carbocycles. The summed E-state index contributed by atoms with van der Waals surface area (Å²) in [7, 11) is 1.36. The minimum Gasteiger partial charge on any atom is -0.486 e. The second kappa shape index (κ2) is 7.88. The highest BCUT2D eigenvalue weighted by Gasteiger charge is 2.35. The van der Waals surface area contributed by atoms with Crippen LogP contribution in [0.5, 0.6) is 11.5 Å². The maximum absolute atomic E-state index is 13.1. The number of benzene rings is 1. The van der Waals surface area contributed by atoms with E-state index in [2.05, 4.69) is 20.6 Å². The van der Waals surface area contributed by atoms with Crippen LogP contribution in [0.2, 0.25) is 0 Å². The lowest BCUT2D eigenvalue weighted by atomic mass is 10.0. The second-order valence-electron chi connectivity index (χ2n) is 6.89. The fourth-order valence-electron chi connectivity index (χ4n) is 3.73. The molecular weight excluding hydrogens is 403 g/mol. The van der Waals surface area contributed by atoms with Gasteiger partial charge in [0.15, 0.2) is 11.5 Å². The van der Waals surface area contributed by atoms with Crippen LogP contribution in [0, 0.1) is 0 Å². The number of nitrogens with one attached hydrogen (secondary N) is 2. The highest BCUT2D eigenvalue weighted by Crippen LogP contribution is 2.46. The first kappa shape index (κ1) is 20.0. The molecular formula is C19H20F3N5O3. The Hall–Kier alpha value is -3.24. The molecule has 8 nitrogen and oxygen atoms in total. The molecule has 0 aliphatic carbocycles. The number of nitrogens with zero attached hydrogens (tertiary/aromatic N) is 3. The fraction of sp³-hybridized carbons (Fsp3) is 0.421. The highest BCUT2D eigenvalue weighted by molar-refractivity contribution is 5.71. The van der Waals surface area contributed by atoms with Crippen LogP contribution in [0.3, 0.4) is 0 Å². The van der Waals surface area contributed by atoms with Crippen molar-refractivity contribution in [1.29, 1.82) is 0 Å². The number of halogens is 3. The quantitative estimate of drug-likeness (QED) is 0.713. The summed E-state index contributed by atoms with van der Waals surface area (Å²) < 4.78 is 50.8. The maximum atomic E-state index is 13.1. The van der Waals surface area contributed by atoms with Crippen LogP contribution in [0.25, 0.3) is 0 Å². The fourth-order valence-corrected chi connectivity index (χ4v) is 3.73. The Labute approximate surface area is 170 Å². The summed E-state index contributed by atoms with van der Waals surface area (Å²) in [5.41, 5.74) is 0.345. The maximum Gasteiger partial charge on any atom is 0.421 e. The van der Waals surface area contributed by atoms with Gasteiger partial charge in [-0.2, -0.15) is 18.2 Å². The van der Waals surface area contributed by atoms with Crippen molar-refractivity contribution in [2.24, 2.45) is 0 Å². The number of amides is 1. The van der Waals surface area contributed by atoms with Crippen molar-refractivity contribution in [2.45, 2.75) is 25.1 Å². The van der Waals surface area contributed by atoms with E-state index in [0.29, 0.717) is 36.9 Å². The van der Waals surface area contributed by atoms with Gasteiger partial charge in [0, 0.05) is 25.4 Å². The van der Waals surface area contributed by atoms with Gasteiger partial charge in [-0.05, 0) is 18.9 Å². The zero-order valence-electron chi connectivity index (χ0n) is 16.1. The van der Waals surface area contributed by atoms with Crippen molar-refractivity contribution in [3.05, 3.63) is 29.5 Å². The average Bonchev–Trinajstić information content (AvgIpc) is 3.21. The Bertz CT molecular complexity index is 954. The molecule has 1 unspecified atom stereocenters. The van der Waals surface area contributed by atoms with E-state index >= 15 is 0 Å². The molecule has 2 aliphatic heterocycles. The third kappa shape index (κ3) is 3.66. The van der Waals surface area contributed by atoms with Gasteiger partial charge in [0.1, 0.15) is 24.6 Å². The molecule has 2 aromatic rings. The number of rotatable bonds is 5. The third-order valence-electron chi connectivity index (χ3n) is 5.08. The zero-order chi connectivity index (χ0) is 21.3. The summed E-state index contributed by atoms with van der Waals surface area (Å²) in [6, 6.07) is 3.44. The number of hydrogen-bond acceptors (Lipinski definition) is 7. The van der Waals surface area contributed by atoms with Crippen LogP contribution in [0.1, 0.15) is 30.0 Å². The average molecular weight is 423 g/mol. The molecule has 1 aromatic carbocycles. The number of carbonyl (C=O) groups excluding carboxylic acids is 1. The first-order chi connectivity index (χ1) is 14.4. The molecule has 0 bridgehead atoms. The minimum atomic E-state index is -4.57. The summed E-state index contributed by atoms with van der Waals surface area (Å²) in [5, 5.41) is 5.35. The van der Waals surface area contributed by atoms with Gasteiger partial charge < -0.3 is 25.0 Å². The summed E-state index contributed by atoms with van der Waals surface area (Å²) >= 11 is 0. The van der Waals surface area contributed by atoms with E-state index in [1.54, 1.807) is 11.0 Å². The first-order valence-corrected chi connectivity index (χ1v) is 9.45. The van der Waals surface area contributed by atoms with E-state index < -0.39 is 11.7 Å². The van der Waals surface area contributed by atoms with Gasteiger partial charge in [-0.1, -0.05) is 6.07 Å². The normalized spacial score (nSPS) is 18.3. The molecule has 1 fully saturated rings. The van der Waals surface area contributed by atoms with E-state index in [-0.39, 0.29) is 17.8 Å². The monoisotopic (exact) mass is 423 g/mol. The third-order valence-corrected chi connectivity index (χ3v) is 5.08. The lowest BCUT2D eigenvalue weighted by Gasteiger charge is -2.28. The summed E-state index contributed by atoms with van der Waals surface area (Å²) in [6.07, 6.45) is -1.31. The molecule has 1 aromatic heterocycles. The van der Waals surface area contributed by atoms with E-state index in [0.717, 1.165) is 31.0 Å². The van der Waals surface area contributed by atoms with E-state index in [4.69, 9.17) is 9.47 Å².